The van der Waals surface area contributed by atoms with Gasteiger partial charge in [0.1, 0.15) is 6.10 Å². The lowest BCUT2D eigenvalue weighted by Gasteiger charge is -2.24. The molecule has 0 aromatic rings. The molecule has 0 spiro atoms. The minimum Gasteiger partial charge on any atom is -0.462 e. The predicted molar refractivity (Wildman–Crippen MR) is 278 cm³/mol. The summed E-state index contributed by atoms with van der Waals surface area (Å²) in [6, 6.07) is -0.703. The Morgan fingerprint density at radius 3 is 1.23 bits per heavy atom. The van der Waals surface area contributed by atoms with Crippen LogP contribution in [0.1, 0.15) is 297 Å². The van der Waals surface area contributed by atoms with Gasteiger partial charge in [0.2, 0.25) is 5.91 Å². The summed E-state index contributed by atoms with van der Waals surface area (Å²) in [5, 5.41) is 23.8. The molecule has 376 valence electrons. The summed E-state index contributed by atoms with van der Waals surface area (Å²) in [4.78, 5) is 26.2. The van der Waals surface area contributed by atoms with Crippen LogP contribution in [0.4, 0.5) is 0 Å². The third kappa shape index (κ3) is 46.6. The van der Waals surface area contributed by atoms with Gasteiger partial charge in [-0.3, -0.25) is 9.59 Å². The number of ether oxygens (including phenoxy) is 1. The number of carbonyl (C=O) groups excluding carboxylic acids is 2. The first-order valence-corrected chi connectivity index (χ1v) is 28.2. The molecule has 0 aliphatic rings. The van der Waals surface area contributed by atoms with Gasteiger partial charge in [0.25, 0.3) is 0 Å². The van der Waals surface area contributed by atoms with Gasteiger partial charge >= 0.3 is 5.97 Å². The predicted octanol–water partition coefficient (Wildman–Crippen LogP) is 17.2. The first-order chi connectivity index (χ1) is 31.5. The van der Waals surface area contributed by atoms with E-state index in [0.29, 0.717) is 19.3 Å². The first-order valence-electron chi connectivity index (χ1n) is 28.2. The summed E-state index contributed by atoms with van der Waals surface area (Å²) in [5.41, 5.74) is 0. The maximum absolute atomic E-state index is 13.2. The van der Waals surface area contributed by atoms with E-state index in [9.17, 15) is 19.8 Å². The molecule has 0 aromatic carbocycles. The summed E-state index contributed by atoms with van der Waals surface area (Å²) >= 11 is 0. The Labute approximate surface area is 398 Å². The van der Waals surface area contributed by atoms with Gasteiger partial charge in [-0.15, -0.1) is 0 Å². The lowest BCUT2D eigenvalue weighted by atomic mass is 10.0. The van der Waals surface area contributed by atoms with Crippen molar-refractivity contribution in [1.29, 1.82) is 0 Å². The van der Waals surface area contributed by atoms with Gasteiger partial charge in [0.15, 0.2) is 0 Å². The zero-order valence-electron chi connectivity index (χ0n) is 42.9. The second-order valence-electron chi connectivity index (χ2n) is 19.3. The molecule has 0 radical (unpaired) electrons. The van der Waals surface area contributed by atoms with Crippen LogP contribution < -0.4 is 5.32 Å². The highest BCUT2D eigenvalue weighted by molar-refractivity contribution is 5.77. The van der Waals surface area contributed by atoms with E-state index in [0.717, 1.165) is 70.6 Å². The van der Waals surface area contributed by atoms with Crippen molar-refractivity contribution in [3.8, 4) is 0 Å². The van der Waals surface area contributed by atoms with Crippen molar-refractivity contribution < 1.29 is 24.5 Å². The van der Waals surface area contributed by atoms with Gasteiger partial charge in [0.05, 0.1) is 25.2 Å². The minimum absolute atomic E-state index is 0.0730. The molecular formula is C58H109NO5. The molecule has 0 rings (SSSR count). The topological polar surface area (TPSA) is 95.9 Å². The number of rotatable bonds is 51. The lowest BCUT2D eigenvalue weighted by Crippen LogP contribution is -2.46. The molecule has 3 atom stereocenters. The molecular weight excluding hydrogens is 791 g/mol. The van der Waals surface area contributed by atoms with Gasteiger partial charge in [-0.1, -0.05) is 256 Å². The second-order valence-corrected chi connectivity index (χ2v) is 19.3. The average Bonchev–Trinajstić information content (AvgIpc) is 3.29. The van der Waals surface area contributed by atoms with Crippen molar-refractivity contribution in [3.05, 3.63) is 36.5 Å². The maximum Gasteiger partial charge on any atom is 0.306 e. The fraction of sp³-hybridized carbons (Fsp3) is 0.862. The summed E-state index contributed by atoms with van der Waals surface area (Å²) < 4.78 is 5.95. The smallest absolute Gasteiger partial charge is 0.306 e. The van der Waals surface area contributed by atoms with Gasteiger partial charge in [-0.05, 0) is 64.2 Å². The molecule has 6 nitrogen and oxygen atoms in total. The van der Waals surface area contributed by atoms with Crippen molar-refractivity contribution in [3.63, 3.8) is 0 Å². The van der Waals surface area contributed by atoms with E-state index in [1.807, 2.05) is 0 Å². The molecule has 0 fully saturated rings. The highest BCUT2D eigenvalue weighted by Crippen LogP contribution is 2.19. The van der Waals surface area contributed by atoms with Gasteiger partial charge in [-0.2, -0.15) is 0 Å². The lowest BCUT2D eigenvalue weighted by molar-refractivity contribution is -0.151. The molecule has 3 N–H and O–H groups in total. The molecule has 0 aliphatic heterocycles. The molecule has 0 aliphatic carbocycles. The van der Waals surface area contributed by atoms with E-state index in [1.54, 1.807) is 0 Å². The Kier molecular flexibility index (Phi) is 50.5. The van der Waals surface area contributed by atoms with Crippen LogP contribution in [0.15, 0.2) is 36.5 Å². The number of hydrogen-bond acceptors (Lipinski definition) is 5. The highest BCUT2D eigenvalue weighted by atomic mass is 16.5. The Balaban J connectivity index is 4.58. The average molecular weight is 901 g/mol. The molecule has 0 saturated carbocycles. The van der Waals surface area contributed by atoms with Crippen LogP contribution in [0, 0.1) is 0 Å². The van der Waals surface area contributed by atoms with Crippen molar-refractivity contribution in [2.75, 3.05) is 6.61 Å². The van der Waals surface area contributed by atoms with Crippen LogP contribution in [0.2, 0.25) is 0 Å². The minimum atomic E-state index is -0.789. The van der Waals surface area contributed by atoms with Crippen LogP contribution in [0.3, 0.4) is 0 Å². The molecule has 1 amide bonds. The van der Waals surface area contributed by atoms with E-state index in [-0.39, 0.29) is 24.9 Å². The number of nitrogens with one attached hydrogen (secondary N) is 1. The SMILES string of the molecule is CCCCC/C=C\C/C=C\C/C=C\CCCCCCC(=O)OC(CCCCCCCCCCCCCCCCC)CC(=O)NC(CO)C(O)CCCCCCCCCCCCCCC. The Morgan fingerprint density at radius 2 is 0.797 bits per heavy atom. The van der Waals surface area contributed by atoms with Crippen molar-refractivity contribution in [2.24, 2.45) is 0 Å². The molecule has 64 heavy (non-hydrogen) atoms. The monoisotopic (exact) mass is 900 g/mol. The molecule has 3 unspecified atom stereocenters. The third-order valence-electron chi connectivity index (χ3n) is 13.0. The quantitative estimate of drug-likeness (QED) is 0.0321. The summed E-state index contributed by atoms with van der Waals surface area (Å²) in [6.45, 7) is 6.48. The number of allylic oxidation sites excluding steroid dienone is 6. The maximum atomic E-state index is 13.2. The standard InChI is InChI=1S/C58H109NO5/c1-4-7-10-13-16-19-22-25-27-28-30-33-36-39-42-45-48-51-58(63)64-54(49-46-43-40-37-34-32-29-26-23-20-17-14-11-8-5-2)52-57(62)59-55(53-60)56(61)50-47-44-41-38-35-31-24-21-18-15-12-9-6-3/h16,19,25,27,30,33,54-56,60-61H,4-15,17-18,20-24,26,28-29,31-32,34-53H2,1-3H3,(H,59,62)/b19-16-,27-25-,33-30-. The molecule has 0 bridgehead atoms. The summed E-state index contributed by atoms with van der Waals surface area (Å²) in [5.74, 6) is -0.484. The van der Waals surface area contributed by atoms with Crippen LogP contribution in [-0.2, 0) is 14.3 Å². The van der Waals surface area contributed by atoms with Gasteiger partial charge in [-0.25, -0.2) is 0 Å². The normalized spacial score (nSPS) is 13.4. The first kappa shape index (κ1) is 62.1. The van der Waals surface area contributed by atoms with E-state index < -0.39 is 18.2 Å². The molecule has 0 saturated heterocycles. The van der Waals surface area contributed by atoms with Crippen molar-refractivity contribution in [1.82, 2.24) is 5.32 Å². The highest BCUT2D eigenvalue weighted by Gasteiger charge is 2.24. The number of aliphatic hydroxyl groups excluding tert-OH is 2. The van der Waals surface area contributed by atoms with Crippen LogP contribution >= 0.6 is 0 Å². The number of aliphatic hydroxyl groups is 2. The Morgan fingerprint density at radius 1 is 0.453 bits per heavy atom. The van der Waals surface area contributed by atoms with Crippen LogP contribution in [-0.4, -0.2) is 46.9 Å². The third-order valence-corrected chi connectivity index (χ3v) is 13.0. The van der Waals surface area contributed by atoms with Crippen molar-refractivity contribution in [2.45, 2.75) is 315 Å². The number of unbranched alkanes of at least 4 members (excludes halogenated alkanes) is 33. The molecule has 6 heteroatoms. The molecule has 0 aromatic heterocycles. The largest absolute Gasteiger partial charge is 0.462 e. The zero-order chi connectivity index (χ0) is 46.7. The summed E-state index contributed by atoms with van der Waals surface area (Å²) in [6.07, 6.45) is 62.0. The van der Waals surface area contributed by atoms with E-state index in [4.69, 9.17) is 4.74 Å². The van der Waals surface area contributed by atoms with E-state index >= 15 is 0 Å². The van der Waals surface area contributed by atoms with Crippen LogP contribution in [0.25, 0.3) is 0 Å². The number of amides is 1. The number of esters is 1. The van der Waals surface area contributed by atoms with E-state index in [1.165, 1.54) is 180 Å². The fourth-order valence-electron chi connectivity index (χ4n) is 8.67. The van der Waals surface area contributed by atoms with Gasteiger partial charge in [0, 0.05) is 6.42 Å². The molecule has 0 heterocycles. The summed E-state index contributed by atoms with van der Waals surface area (Å²) in [7, 11) is 0. The van der Waals surface area contributed by atoms with Crippen LogP contribution in [0.5, 0.6) is 0 Å². The zero-order valence-corrected chi connectivity index (χ0v) is 42.9. The fourth-order valence-corrected chi connectivity index (χ4v) is 8.67. The number of hydrogen-bond donors (Lipinski definition) is 3. The second kappa shape index (κ2) is 52.1. The van der Waals surface area contributed by atoms with E-state index in [2.05, 4.69) is 62.5 Å². The number of carbonyl (C=O) groups is 2. The Hall–Kier alpha value is -1.92. The van der Waals surface area contributed by atoms with Gasteiger partial charge < -0.3 is 20.3 Å². The van der Waals surface area contributed by atoms with Crippen molar-refractivity contribution >= 4 is 11.9 Å². The Bertz CT molecular complexity index is 1060.